The Kier molecular flexibility index (Phi) is 8.51. The van der Waals surface area contributed by atoms with Crippen LogP contribution in [-0.2, 0) is 9.59 Å². The van der Waals surface area contributed by atoms with E-state index in [9.17, 15) is 9.59 Å². The van der Waals surface area contributed by atoms with Gasteiger partial charge < -0.3 is 10.2 Å². The summed E-state index contributed by atoms with van der Waals surface area (Å²) in [4.78, 5) is 32.6. The number of benzene rings is 1. The van der Waals surface area contributed by atoms with Crippen molar-refractivity contribution >= 4 is 33.6 Å². The highest BCUT2D eigenvalue weighted by Crippen LogP contribution is 2.67. The summed E-state index contributed by atoms with van der Waals surface area (Å²) in [6, 6.07) is 12.2. The average Bonchev–Trinajstić information content (AvgIpc) is 3.08. The van der Waals surface area contributed by atoms with Crippen LogP contribution >= 0.6 is 10.0 Å². The molecular formula is C26H35N3O2S. The number of anilines is 1. The SMILES string of the molecule is CCS1(CC)c2ccccc2N(C(=O)CCCCCNC(=O)/C=C/c2cccnc2)C1C. The Morgan fingerprint density at radius 3 is 2.59 bits per heavy atom. The van der Waals surface area contributed by atoms with Gasteiger partial charge in [0.15, 0.2) is 0 Å². The normalized spacial score (nSPS) is 17.8. The molecule has 0 radical (unpaired) electrons. The highest BCUT2D eigenvalue weighted by atomic mass is 32.3. The van der Waals surface area contributed by atoms with Gasteiger partial charge in [-0.1, -0.05) is 38.5 Å². The zero-order chi connectivity index (χ0) is 23.0. The van der Waals surface area contributed by atoms with E-state index in [0.29, 0.717) is 13.0 Å². The highest BCUT2D eigenvalue weighted by Gasteiger charge is 2.44. The van der Waals surface area contributed by atoms with Crippen molar-refractivity contribution in [2.24, 2.45) is 0 Å². The first-order chi connectivity index (χ1) is 15.5. The molecule has 0 aliphatic carbocycles. The molecule has 2 heterocycles. The number of nitrogens with one attached hydrogen (secondary N) is 1. The number of carbonyl (C=O) groups is 2. The Balaban J connectivity index is 1.43. The van der Waals surface area contributed by atoms with Gasteiger partial charge >= 0.3 is 0 Å². The molecule has 0 saturated carbocycles. The van der Waals surface area contributed by atoms with Gasteiger partial charge in [0.1, 0.15) is 0 Å². The number of pyridine rings is 1. The molecule has 2 amide bonds. The number of rotatable bonds is 10. The molecular weight excluding hydrogens is 418 g/mol. The molecule has 0 saturated heterocycles. The Morgan fingerprint density at radius 2 is 1.88 bits per heavy atom. The van der Waals surface area contributed by atoms with Gasteiger partial charge in [-0.25, -0.2) is 0 Å². The highest BCUT2D eigenvalue weighted by molar-refractivity contribution is 8.34. The van der Waals surface area contributed by atoms with Crippen LogP contribution in [0.25, 0.3) is 6.08 Å². The Morgan fingerprint density at radius 1 is 1.09 bits per heavy atom. The zero-order valence-electron chi connectivity index (χ0n) is 19.4. The van der Waals surface area contributed by atoms with Crippen molar-refractivity contribution in [1.82, 2.24) is 10.3 Å². The fourth-order valence-corrected chi connectivity index (χ4v) is 8.46. The van der Waals surface area contributed by atoms with Crippen molar-refractivity contribution in [1.29, 1.82) is 0 Å². The quantitative estimate of drug-likeness (QED) is 0.389. The van der Waals surface area contributed by atoms with Crippen LogP contribution < -0.4 is 10.2 Å². The third kappa shape index (κ3) is 5.23. The molecule has 0 fully saturated rings. The summed E-state index contributed by atoms with van der Waals surface area (Å²) in [6.45, 7) is 7.38. The number of fused-ring (bicyclic) bond motifs is 1. The van der Waals surface area contributed by atoms with Crippen LogP contribution in [-0.4, -0.2) is 40.2 Å². The van der Waals surface area contributed by atoms with Crippen LogP contribution in [0.15, 0.2) is 59.8 Å². The lowest BCUT2D eigenvalue weighted by atomic mass is 10.1. The lowest BCUT2D eigenvalue weighted by Crippen LogP contribution is -2.37. The van der Waals surface area contributed by atoms with Crippen molar-refractivity contribution in [3.8, 4) is 0 Å². The third-order valence-corrected chi connectivity index (χ3v) is 11.2. The van der Waals surface area contributed by atoms with E-state index in [1.54, 1.807) is 18.5 Å². The molecule has 2 aromatic rings. The van der Waals surface area contributed by atoms with Crippen LogP contribution in [0.3, 0.4) is 0 Å². The van der Waals surface area contributed by atoms with Gasteiger partial charge in [0, 0.05) is 36.3 Å². The molecule has 6 heteroatoms. The molecule has 5 nitrogen and oxygen atoms in total. The number of unbranched alkanes of at least 4 members (excludes halogenated alkanes) is 2. The van der Waals surface area contributed by atoms with E-state index in [1.165, 1.54) is 11.0 Å². The van der Waals surface area contributed by atoms with Crippen molar-refractivity contribution < 1.29 is 9.59 Å². The van der Waals surface area contributed by atoms with E-state index >= 15 is 0 Å². The summed E-state index contributed by atoms with van der Waals surface area (Å²) in [6.07, 6.45) is 9.88. The fourth-order valence-electron chi connectivity index (χ4n) is 4.53. The van der Waals surface area contributed by atoms with Crippen molar-refractivity contribution in [2.75, 3.05) is 23.0 Å². The standard InChI is InChI=1S/C26H35N3O2S/c1-4-32(5-2)21(3)29(23-13-8-9-14-24(23)32)26(31)15-7-6-10-19-28-25(30)17-16-22-12-11-18-27-20-22/h8-9,11-14,16-18,20-21H,4-7,10,15,19H2,1-3H3,(H,28,30)/b17-16+. The maximum absolute atomic E-state index is 13.2. The number of hydrogen-bond donors (Lipinski definition) is 1. The van der Waals surface area contributed by atoms with Gasteiger partial charge in [-0.2, -0.15) is 10.0 Å². The first-order valence-corrected chi connectivity index (χ1v) is 13.6. The lowest BCUT2D eigenvalue weighted by Gasteiger charge is -2.40. The Labute approximate surface area is 193 Å². The van der Waals surface area contributed by atoms with Gasteiger partial charge in [0.2, 0.25) is 11.8 Å². The minimum atomic E-state index is -0.996. The lowest BCUT2D eigenvalue weighted by molar-refractivity contribution is -0.119. The molecule has 172 valence electrons. The van der Waals surface area contributed by atoms with Crippen LogP contribution in [0.4, 0.5) is 5.69 Å². The van der Waals surface area contributed by atoms with E-state index in [1.807, 2.05) is 18.2 Å². The molecule has 1 aromatic carbocycles. The molecule has 32 heavy (non-hydrogen) atoms. The molecule has 0 bridgehead atoms. The molecule has 0 spiro atoms. The van der Waals surface area contributed by atoms with Gasteiger partial charge in [-0.3, -0.25) is 14.6 Å². The summed E-state index contributed by atoms with van der Waals surface area (Å²) in [7, 11) is -0.996. The Bertz CT molecular complexity index is 941. The second-order valence-electron chi connectivity index (χ2n) is 8.07. The van der Waals surface area contributed by atoms with E-state index in [0.717, 1.165) is 42.0 Å². The number of para-hydroxylation sites is 1. The van der Waals surface area contributed by atoms with E-state index in [4.69, 9.17) is 0 Å². The molecule has 1 aromatic heterocycles. The predicted octanol–water partition coefficient (Wildman–Crippen LogP) is 5.37. The zero-order valence-corrected chi connectivity index (χ0v) is 20.2. The van der Waals surface area contributed by atoms with Crippen molar-refractivity contribution in [3.63, 3.8) is 0 Å². The van der Waals surface area contributed by atoms with Gasteiger partial charge in [0.05, 0.1) is 11.1 Å². The van der Waals surface area contributed by atoms with Crippen LogP contribution in [0.1, 0.15) is 52.0 Å². The summed E-state index contributed by atoms with van der Waals surface area (Å²) in [5.74, 6) is 2.34. The summed E-state index contributed by atoms with van der Waals surface area (Å²) in [5, 5.41) is 3.16. The van der Waals surface area contributed by atoms with Crippen molar-refractivity contribution in [3.05, 3.63) is 60.4 Å². The number of amides is 2. The third-order valence-electron chi connectivity index (χ3n) is 6.36. The van der Waals surface area contributed by atoms with Crippen LogP contribution in [0.2, 0.25) is 0 Å². The maximum Gasteiger partial charge on any atom is 0.243 e. The number of nitrogens with zero attached hydrogens (tertiary/aromatic N) is 2. The second kappa shape index (κ2) is 11.3. The van der Waals surface area contributed by atoms with E-state index < -0.39 is 10.0 Å². The summed E-state index contributed by atoms with van der Waals surface area (Å²) >= 11 is 0. The van der Waals surface area contributed by atoms with Crippen LogP contribution in [0.5, 0.6) is 0 Å². The fraction of sp³-hybridized carbons (Fsp3) is 0.423. The smallest absolute Gasteiger partial charge is 0.243 e. The first-order valence-electron chi connectivity index (χ1n) is 11.6. The molecule has 1 aliphatic heterocycles. The predicted molar refractivity (Wildman–Crippen MR) is 135 cm³/mol. The summed E-state index contributed by atoms with van der Waals surface area (Å²) in [5.41, 5.74) is 2.02. The molecule has 1 atom stereocenters. The topological polar surface area (TPSA) is 62.3 Å². The van der Waals surface area contributed by atoms with Gasteiger partial charge in [0.25, 0.3) is 0 Å². The van der Waals surface area contributed by atoms with E-state index in [-0.39, 0.29) is 17.2 Å². The number of aromatic nitrogens is 1. The Hall–Kier alpha value is -2.60. The second-order valence-corrected chi connectivity index (χ2v) is 12.2. The molecule has 1 aliphatic rings. The van der Waals surface area contributed by atoms with E-state index in [2.05, 4.69) is 54.2 Å². The first kappa shape index (κ1) is 24.1. The van der Waals surface area contributed by atoms with Gasteiger partial charge in [-0.15, -0.1) is 0 Å². The number of carbonyl (C=O) groups excluding carboxylic acids is 2. The minimum absolute atomic E-state index is 0.106. The molecule has 3 rings (SSSR count). The summed E-state index contributed by atoms with van der Waals surface area (Å²) < 4.78 is 0. The number of hydrogen-bond acceptors (Lipinski definition) is 3. The largest absolute Gasteiger partial charge is 0.353 e. The minimum Gasteiger partial charge on any atom is -0.353 e. The molecule has 1 N–H and O–H groups in total. The van der Waals surface area contributed by atoms with Crippen LogP contribution in [0, 0.1) is 0 Å². The molecule has 1 unspecified atom stereocenters. The average molecular weight is 454 g/mol. The maximum atomic E-state index is 13.2. The van der Waals surface area contributed by atoms with Gasteiger partial charge in [-0.05, 0) is 61.1 Å². The van der Waals surface area contributed by atoms with Crippen molar-refractivity contribution in [2.45, 2.75) is 56.7 Å². The monoisotopic (exact) mass is 453 g/mol.